The molecule has 0 aliphatic carbocycles. The summed E-state index contributed by atoms with van der Waals surface area (Å²) in [4.78, 5) is 41.1. The number of alkyl halides is 6. The van der Waals surface area contributed by atoms with E-state index in [1.54, 1.807) is 26.8 Å². The minimum Gasteiger partial charge on any atom is -0.481 e. The molecule has 1 aromatic heterocycles. The number of hydrogen-bond donors (Lipinski definition) is 2. The molecule has 2 N–H and O–H groups in total. The van der Waals surface area contributed by atoms with Gasteiger partial charge in [-0.3, -0.25) is 14.4 Å². The molecule has 0 saturated carbocycles. The fraction of sp³-hybridized carbons (Fsp3) is 0.472. The number of carboxylic acids is 1. The van der Waals surface area contributed by atoms with Crippen LogP contribution in [0.15, 0.2) is 35.3 Å². The summed E-state index contributed by atoms with van der Waals surface area (Å²) in [5, 5.41) is 11.9. The first kappa shape index (κ1) is 39.5. The van der Waals surface area contributed by atoms with Crippen molar-refractivity contribution in [1.29, 1.82) is 0 Å². The van der Waals surface area contributed by atoms with Crippen LogP contribution in [0.3, 0.4) is 0 Å². The zero-order chi connectivity index (χ0) is 38.2. The lowest BCUT2D eigenvalue weighted by atomic mass is 9.87. The molecule has 1 fully saturated rings. The molecule has 3 aromatic rings. The number of aliphatic carboxylic acids is 1. The number of carbonyl (C=O) groups excluding carboxylic acids is 1. The van der Waals surface area contributed by atoms with E-state index in [2.05, 4.69) is 5.32 Å². The minimum absolute atomic E-state index is 0.0133. The Kier molecular flexibility index (Phi) is 11.7. The van der Waals surface area contributed by atoms with Crippen molar-refractivity contribution in [2.45, 2.75) is 84.7 Å². The number of pyridine rings is 1. The van der Waals surface area contributed by atoms with Crippen molar-refractivity contribution >= 4 is 11.9 Å². The van der Waals surface area contributed by atoms with Crippen LogP contribution in [-0.2, 0) is 28.4 Å². The van der Waals surface area contributed by atoms with Crippen LogP contribution in [-0.4, -0.2) is 46.1 Å². The van der Waals surface area contributed by atoms with Gasteiger partial charge in [-0.25, -0.2) is 8.78 Å². The maximum absolute atomic E-state index is 16.5. The summed E-state index contributed by atoms with van der Waals surface area (Å²) in [5.74, 6) is -7.05. The van der Waals surface area contributed by atoms with Gasteiger partial charge >= 0.3 is 18.3 Å². The Morgan fingerprint density at radius 2 is 1.53 bits per heavy atom. The first-order valence-corrected chi connectivity index (χ1v) is 16.3. The summed E-state index contributed by atoms with van der Waals surface area (Å²) in [6, 6.07) is -0.0219. The quantitative estimate of drug-likeness (QED) is 0.185. The summed E-state index contributed by atoms with van der Waals surface area (Å²) >= 11 is 0. The molecule has 0 bridgehead atoms. The van der Waals surface area contributed by atoms with Crippen LogP contribution < -0.4 is 10.9 Å². The number of hydrogen-bond acceptors (Lipinski definition) is 4. The molecule has 4 rings (SSSR count). The van der Waals surface area contributed by atoms with E-state index in [1.165, 1.54) is 19.9 Å². The van der Waals surface area contributed by atoms with E-state index >= 15 is 8.78 Å². The van der Waals surface area contributed by atoms with Gasteiger partial charge in [-0.15, -0.1) is 0 Å². The van der Waals surface area contributed by atoms with Crippen molar-refractivity contribution in [2.24, 2.45) is 5.92 Å². The third-order valence-electron chi connectivity index (χ3n) is 9.24. The monoisotopic (exact) mass is 729 g/mol. The van der Waals surface area contributed by atoms with Gasteiger partial charge in [-0.2, -0.15) is 26.3 Å². The summed E-state index contributed by atoms with van der Waals surface area (Å²) in [7, 11) is 0. The SMILES string of the molecule is Cc1ccc(C)c(-c2cc(C(F)(F)F)c(F)c([C@H](CC(=O)O)NC(=O)C(CC(C)C)n3cc(CCN4CCC4)c(C(F)(F)F)cc3=O)c2F)c1C. The highest BCUT2D eigenvalue weighted by molar-refractivity contribution is 5.82. The molecule has 1 amide bonds. The molecule has 0 spiro atoms. The van der Waals surface area contributed by atoms with Crippen LogP contribution in [0, 0.1) is 38.3 Å². The fourth-order valence-electron chi connectivity index (χ4n) is 6.36. The fourth-order valence-corrected chi connectivity index (χ4v) is 6.36. The number of nitrogens with one attached hydrogen (secondary N) is 1. The molecule has 1 aliphatic heterocycles. The zero-order valence-electron chi connectivity index (χ0n) is 28.7. The van der Waals surface area contributed by atoms with Crippen LogP contribution in [0.1, 0.15) is 84.1 Å². The first-order valence-electron chi connectivity index (χ1n) is 16.3. The van der Waals surface area contributed by atoms with E-state index in [4.69, 9.17) is 0 Å². The van der Waals surface area contributed by atoms with Crippen molar-refractivity contribution in [2.75, 3.05) is 19.6 Å². The highest BCUT2D eigenvalue weighted by Gasteiger charge is 2.41. The Bertz CT molecular complexity index is 1860. The number of aromatic nitrogens is 1. The maximum atomic E-state index is 16.5. The first-order chi connectivity index (χ1) is 23.6. The Hall–Kier alpha value is -4.27. The second kappa shape index (κ2) is 15.1. The predicted octanol–water partition coefficient (Wildman–Crippen LogP) is 7.92. The van der Waals surface area contributed by atoms with Gasteiger partial charge in [0.05, 0.1) is 23.6 Å². The Morgan fingerprint density at radius 3 is 2.06 bits per heavy atom. The molecule has 2 heterocycles. The number of amides is 1. The Labute approximate surface area is 289 Å². The minimum atomic E-state index is -5.37. The smallest absolute Gasteiger partial charge is 0.419 e. The highest BCUT2D eigenvalue weighted by Crippen LogP contribution is 2.42. The van der Waals surface area contributed by atoms with E-state index in [9.17, 15) is 45.8 Å². The van der Waals surface area contributed by atoms with E-state index in [-0.39, 0.29) is 30.5 Å². The topological polar surface area (TPSA) is 91.6 Å². The average Bonchev–Trinajstić information content (AvgIpc) is 2.97. The van der Waals surface area contributed by atoms with Gasteiger partial charge in [0.15, 0.2) is 0 Å². The summed E-state index contributed by atoms with van der Waals surface area (Å²) in [6.07, 6.45) is -10.1. The highest BCUT2D eigenvalue weighted by atomic mass is 19.4. The lowest BCUT2D eigenvalue weighted by Gasteiger charge is -2.31. The molecule has 7 nitrogen and oxygen atoms in total. The van der Waals surface area contributed by atoms with E-state index in [0.29, 0.717) is 41.9 Å². The molecule has 2 aromatic carbocycles. The average molecular weight is 730 g/mol. The normalized spacial score (nSPS) is 15.1. The lowest BCUT2D eigenvalue weighted by molar-refractivity contribution is -0.140. The number of nitrogens with zero attached hydrogens (tertiary/aromatic N) is 2. The number of benzene rings is 2. The second-order valence-electron chi connectivity index (χ2n) is 13.4. The molecular formula is C36H39F8N3O4. The van der Waals surface area contributed by atoms with Gasteiger partial charge in [-0.05, 0) is 92.9 Å². The molecule has 0 radical (unpaired) electrons. The molecule has 51 heavy (non-hydrogen) atoms. The van der Waals surface area contributed by atoms with E-state index < -0.39 is 88.1 Å². The van der Waals surface area contributed by atoms with Crippen molar-refractivity contribution < 1.29 is 49.8 Å². The lowest BCUT2D eigenvalue weighted by Crippen LogP contribution is -2.41. The largest absolute Gasteiger partial charge is 0.481 e. The summed E-state index contributed by atoms with van der Waals surface area (Å²) < 4.78 is 118. The molecular weight excluding hydrogens is 690 g/mol. The molecule has 1 aliphatic rings. The number of carboxylic acid groups (broad SMARTS) is 1. The number of carbonyl (C=O) groups is 2. The number of rotatable bonds is 12. The summed E-state index contributed by atoms with van der Waals surface area (Å²) in [6.45, 7) is 9.51. The molecule has 2 atom stereocenters. The van der Waals surface area contributed by atoms with Gasteiger partial charge in [0.25, 0.3) is 5.56 Å². The van der Waals surface area contributed by atoms with Gasteiger partial charge in [0, 0.05) is 29.9 Å². The Morgan fingerprint density at radius 1 is 0.922 bits per heavy atom. The standard InChI is InChI=1S/C36H39F8N3O4/c1-18(2)13-27(47-17-22(9-12-46-10-6-11-46)24(15-28(47)48)35(39,40)41)34(51)45-26(16-29(49)50)31-32(37)23(14-25(33(31)38)36(42,43)44)30-20(4)8-7-19(3)21(30)5/h7-8,14-15,17-18,26-27H,6,9-13,16H2,1-5H3,(H,45,51)(H,49,50)/t26-,27?/m0/s1. The number of halogens is 8. The summed E-state index contributed by atoms with van der Waals surface area (Å²) in [5.41, 5.74) is -5.35. The van der Waals surface area contributed by atoms with Crippen molar-refractivity contribution in [3.8, 4) is 11.1 Å². The third kappa shape index (κ3) is 8.79. The second-order valence-corrected chi connectivity index (χ2v) is 13.4. The van der Waals surface area contributed by atoms with Crippen LogP contribution in [0.2, 0.25) is 0 Å². The van der Waals surface area contributed by atoms with Gasteiger partial charge in [-0.1, -0.05) is 26.0 Å². The van der Waals surface area contributed by atoms with Crippen molar-refractivity contribution in [3.63, 3.8) is 0 Å². The number of aryl methyl sites for hydroxylation is 2. The van der Waals surface area contributed by atoms with E-state index in [1.807, 2.05) is 4.90 Å². The van der Waals surface area contributed by atoms with Crippen molar-refractivity contribution in [3.05, 3.63) is 91.4 Å². The van der Waals surface area contributed by atoms with Crippen molar-refractivity contribution in [1.82, 2.24) is 14.8 Å². The van der Waals surface area contributed by atoms with E-state index in [0.717, 1.165) is 17.2 Å². The molecule has 1 unspecified atom stereocenters. The van der Waals surface area contributed by atoms with Gasteiger partial charge in [0.1, 0.15) is 17.7 Å². The molecule has 278 valence electrons. The maximum Gasteiger partial charge on any atom is 0.419 e. The molecule has 15 heteroatoms. The van der Waals surface area contributed by atoms with Crippen LogP contribution in [0.5, 0.6) is 0 Å². The third-order valence-corrected chi connectivity index (χ3v) is 9.24. The predicted molar refractivity (Wildman–Crippen MR) is 173 cm³/mol. The molecule has 1 saturated heterocycles. The Balaban J connectivity index is 1.89. The zero-order valence-corrected chi connectivity index (χ0v) is 28.7. The van der Waals surface area contributed by atoms with Gasteiger partial charge in [0.2, 0.25) is 5.91 Å². The van der Waals surface area contributed by atoms with Crippen LogP contribution >= 0.6 is 0 Å². The number of likely N-dealkylation sites (tertiary alicyclic amines) is 1. The van der Waals surface area contributed by atoms with Crippen LogP contribution in [0.25, 0.3) is 11.1 Å². The van der Waals surface area contributed by atoms with Crippen LogP contribution in [0.4, 0.5) is 35.1 Å². The van der Waals surface area contributed by atoms with Gasteiger partial charge < -0.3 is 19.9 Å².